The van der Waals surface area contributed by atoms with E-state index in [1.54, 1.807) is 35.6 Å². The summed E-state index contributed by atoms with van der Waals surface area (Å²) in [6, 6.07) is 8.91. The summed E-state index contributed by atoms with van der Waals surface area (Å²) in [6.07, 6.45) is 9.02. The van der Waals surface area contributed by atoms with Gasteiger partial charge in [0.2, 0.25) is 5.91 Å². The Balaban J connectivity index is 1.53. The molecule has 29 heavy (non-hydrogen) atoms. The highest BCUT2D eigenvalue weighted by Gasteiger charge is 2.20. The van der Waals surface area contributed by atoms with E-state index in [-0.39, 0.29) is 5.91 Å². The SMILES string of the molecule is NC(=O)c1ccc(-c2cnc3[nH]cc(C(=O)N4C=c5cnsc5=CC4)c3c2)cc1. The first-order chi connectivity index (χ1) is 14.1. The molecule has 0 radical (unpaired) electrons. The minimum Gasteiger partial charge on any atom is -0.366 e. The Morgan fingerprint density at radius 1 is 1.14 bits per heavy atom. The van der Waals surface area contributed by atoms with Crippen molar-refractivity contribution in [1.82, 2.24) is 19.2 Å². The molecule has 4 aromatic rings. The lowest BCUT2D eigenvalue weighted by Crippen LogP contribution is -2.35. The average Bonchev–Trinajstić information content (AvgIpc) is 3.39. The monoisotopic (exact) mass is 401 g/mol. The molecule has 0 unspecified atom stereocenters. The van der Waals surface area contributed by atoms with E-state index < -0.39 is 5.91 Å². The summed E-state index contributed by atoms with van der Waals surface area (Å²) < 4.78 is 5.25. The van der Waals surface area contributed by atoms with E-state index in [1.165, 1.54) is 11.5 Å². The van der Waals surface area contributed by atoms with Gasteiger partial charge in [0, 0.05) is 53.1 Å². The van der Waals surface area contributed by atoms with E-state index in [2.05, 4.69) is 14.3 Å². The number of carbonyl (C=O) groups excluding carboxylic acids is 2. The third-order valence-corrected chi connectivity index (χ3v) is 5.73. The number of rotatable bonds is 3. The molecule has 0 bridgehead atoms. The van der Waals surface area contributed by atoms with Crippen molar-refractivity contribution in [2.24, 2.45) is 5.73 Å². The van der Waals surface area contributed by atoms with Gasteiger partial charge in [-0.2, -0.15) is 4.37 Å². The highest BCUT2D eigenvalue weighted by atomic mass is 32.1. The number of aromatic nitrogens is 3. The third kappa shape index (κ3) is 2.99. The standard InChI is InChI=1S/C21H15N5O2S/c22-19(27)13-3-1-12(2-4-13)14-7-16-17(10-24-20(16)23-8-14)21(28)26-6-5-18-15(11-26)9-25-29-18/h1-5,7-11H,6H2,(H2,22,27)(H,23,24). The van der Waals surface area contributed by atoms with Gasteiger partial charge in [-0.3, -0.25) is 9.59 Å². The minimum atomic E-state index is -0.470. The van der Waals surface area contributed by atoms with Crippen LogP contribution in [0.2, 0.25) is 0 Å². The van der Waals surface area contributed by atoms with Crippen molar-refractivity contribution in [3.8, 4) is 11.1 Å². The summed E-state index contributed by atoms with van der Waals surface area (Å²) >= 11 is 1.42. The number of nitrogens with two attached hydrogens (primary N) is 1. The molecule has 0 atom stereocenters. The second-order valence-electron chi connectivity index (χ2n) is 6.70. The first kappa shape index (κ1) is 17.3. The Morgan fingerprint density at radius 2 is 1.97 bits per heavy atom. The number of benzene rings is 1. The number of nitrogens with one attached hydrogen (secondary N) is 1. The number of fused-ring (bicyclic) bond motifs is 2. The van der Waals surface area contributed by atoms with Crippen LogP contribution < -0.4 is 15.5 Å². The Labute approximate surface area is 169 Å². The molecule has 0 spiro atoms. The largest absolute Gasteiger partial charge is 0.366 e. The normalized spacial score (nSPS) is 12.9. The van der Waals surface area contributed by atoms with E-state index in [4.69, 9.17) is 5.73 Å². The number of carbonyl (C=O) groups is 2. The van der Waals surface area contributed by atoms with Gasteiger partial charge in [0.15, 0.2) is 0 Å². The Morgan fingerprint density at radius 3 is 2.76 bits per heavy atom. The number of pyridine rings is 1. The molecule has 4 heterocycles. The molecule has 5 rings (SSSR count). The zero-order valence-corrected chi connectivity index (χ0v) is 15.9. The summed E-state index contributed by atoms with van der Waals surface area (Å²) in [4.78, 5) is 33.6. The molecular weight excluding hydrogens is 386 g/mol. The van der Waals surface area contributed by atoms with Crippen molar-refractivity contribution in [2.45, 2.75) is 0 Å². The lowest BCUT2D eigenvalue weighted by atomic mass is 10.0. The van der Waals surface area contributed by atoms with Crippen molar-refractivity contribution in [1.29, 1.82) is 0 Å². The van der Waals surface area contributed by atoms with Crippen LogP contribution in [0.5, 0.6) is 0 Å². The third-order valence-electron chi connectivity index (χ3n) is 4.92. The maximum Gasteiger partial charge on any atom is 0.260 e. The van der Waals surface area contributed by atoms with Crippen LogP contribution in [-0.2, 0) is 0 Å². The van der Waals surface area contributed by atoms with Crippen LogP contribution in [0.25, 0.3) is 34.4 Å². The van der Waals surface area contributed by atoms with E-state index in [0.717, 1.165) is 26.3 Å². The highest BCUT2D eigenvalue weighted by Crippen LogP contribution is 2.26. The molecule has 0 fully saturated rings. The van der Waals surface area contributed by atoms with Crippen LogP contribution in [0.3, 0.4) is 0 Å². The first-order valence-corrected chi connectivity index (χ1v) is 9.68. The van der Waals surface area contributed by atoms with Gasteiger partial charge < -0.3 is 15.6 Å². The fourth-order valence-corrected chi connectivity index (χ4v) is 4.01. The minimum absolute atomic E-state index is 0.104. The van der Waals surface area contributed by atoms with Gasteiger partial charge in [-0.15, -0.1) is 0 Å². The van der Waals surface area contributed by atoms with Crippen molar-refractivity contribution < 1.29 is 9.59 Å². The number of amides is 2. The lowest BCUT2D eigenvalue weighted by Gasteiger charge is -2.17. The lowest BCUT2D eigenvalue weighted by molar-refractivity contribution is 0.0856. The Hall–Kier alpha value is -3.78. The maximum atomic E-state index is 13.1. The van der Waals surface area contributed by atoms with Gasteiger partial charge in [-0.1, -0.05) is 12.1 Å². The topological polar surface area (TPSA) is 105 Å². The Kier molecular flexibility index (Phi) is 3.99. The van der Waals surface area contributed by atoms with Crippen LogP contribution in [0.4, 0.5) is 0 Å². The summed E-state index contributed by atoms with van der Waals surface area (Å²) in [7, 11) is 0. The number of aromatic amines is 1. The van der Waals surface area contributed by atoms with Gasteiger partial charge in [-0.25, -0.2) is 4.98 Å². The van der Waals surface area contributed by atoms with Gasteiger partial charge >= 0.3 is 0 Å². The maximum absolute atomic E-state index is 13.1. The molecule has 0 saturated heterocycles. The number of hydrogen-bond acceptors (Lipinski definition) is 5. The molecule has 1 aliphatic heterocycles. The van der Waals surface area contributed by atoms with Crippen molar-refractivity contribution in [3.05, 3.63) is 69.8 Å². The van der Waals surface area contributed by atoms with Crippen LogP contribution >= 0.6 is 11.5 Å². The van der Waals surface area contributed by atoms with E-state index in [0.29, 0.717) is 23.3 Å². The molecular formula is C21H15N5O2S. The molecule has 0 saturated carbocycles. The summed E-state index contributed by atoms with van der Waals surface area (Å²) in [5.41, 5.74) is 8.68. The van der Waals surface area contributed by atoms with Crippen LogP contribution in [0.15, 0.2) is 48.9 Å². The number of hydrogen-bond donors (Lipinski definition) is 2. The number of primary amides is 1. The van der Waals surface area contributed by atoms with Gasteiger partial charge in [0.25, 0.3) is 5.91 Å². The molecule has 7 nitrogen and oxygen atoms in total. The highest BCUT2D eigenvalue weighted by molar-refractivity contribution is 7.03. The van der Waals surface area contributed by atoms with Crippen LogP contribution in [0.1, 0.15) is 20.7 Å². The predicted octanol–water partition coefficient (Wildman–Crippen LogP) is 1.46. The molecule has 1 aliphatic rings. The zero-order chi connectivity index (χ0) is 20.0. The van der Waals surface area contributed by atoms with Crippen molar-refractivity contribution in [2.75, 3.05) is 6.54 Å². The quantitative estimate of drug-likeness (QED) is 0.542. The number of H-pyrrole nitrogens is 1. The fraction of sp³-hybridized carbons (Fsp3) is 0.0476. The molecule has 1 aromatic carbocycles. The van der Waals surface area contributed by atoms with Crippen molar-refractivity contribution in [3.63, 3.8) is 0 Å². The van der Waals surface area contributed by atoms with E-state index in [9.17, 15) is 9.59 Å². The van der Waals surface area contributed by atoms with Crippen LogP contribution in [0, 0.1) is 0 Å². The fourth-order valence-electron chi connectivity index (χ4n) is 3.37. The molecule has 3 aromatic heterocycles. The number of nitrogens with zero attached hydrogens (tertiary/aromatic N) is 3. The van der Waals surface area contributed by atoms with Gasteiger partial charge in [0.1, 0.15) is 5.65 Å². The molecule has 8 heteroatoms. The molecule has 2 amide bonds. The summed E-state index contributed by atoms with van der Waals surface area (Å²) in [6.45, 7) is 0.502. The summed E-state index contributed by atoms with van der Waals surface area (Å²) in [5, 5.41) is 1.69. The first-order valence-electron chi connectivity index (χ1n) is 8.91. The van der Waals surface area contributed by atoms with Crippen LogP contribution in [-0.4, -0.2) is 37.6 Å². The molecule has 0 aliphatic carbocycles. The summed E-state index contributed by atoms with van der Waals surface area (Å²) in [5.74, 6) is -0.574. The van der Waals surface area contributed by atoms with Gasteiger partial charge in [-0.05, 0) is 41.4 Å². The Bertz CT molecular complexity index is 1380. The zero-order valence-electron chi connectivity index (χ0n) is 15.1. The van der Waals surface area contributed by atoms with Gasteiger partial charge in [0.05, 0.1) is 10.1 Å². The second kappa shape index (κ2) is 6.68. The second-order valence-corrected chi connectivity index (χ2v) is 7.53. The van der Waals surface area contributed by atoms with E-state index >= 15 is 0 Å². The predicted molar refractivity (Wildman–Crippen MR) is 111 cm³/mol. The average molecular weight is 401 g/mol. The molecule has 3 N–H and O–H groups in total. The van der Waals surface area contributed by atoms with E-state index in [1.807, 2.05) is 30.5 Å². The smallest absolute Gasteiger partial charge is 0.260 e. The molecule has 142 valence electrons. The van der Waals surface area contributed by atoms with Crippen molar-refractivity contribution >= 4 is 46.7 Å².